The number of terminal acetylenes is 1. The van der Waals surface area contributed by atoms with Gasteiger partial charge in [0.15, 0.2) is 11.5 Å². The van der Waals surface area contributed by atoms with Crippen LogP contribution in [0.3, 0.4) is 0 Å². The van der Waals surface area contributed by atoms with Gasteiger partial charge in [-0.25, -0.2) is 0 Å². The lowest BCUT2D eigenvalue weighted by Gasteiger charge is -2.13. The highest BCUT2D eigenvalue weighted by atomic mass is 79.9. The highest BCUT2D eigenvalue weighted by Gasteiger charge is 2.34. The summed E-state index contributed by atoms with van der Waals surface area (Å²) in [6, 6.07) is 3.52. The van der Waals surface area contributed by atoms with Crippen molar-refractivity contribution in [1.29, 1.82) is 0 Å². The Morgan fingerprint density at radius 1 is 1.42 bits per heavy atom. The summed E-state index contributed by atoms with van der Waals surface area (Å²) in [7, 11) is 1.52. The van der Waals surface area contributed by atoms with Crippen LogP contribution in [-0.2, 0) is 4.79 Å². The van der Waals surface area contributed by atoms with Crippen LogP contribution >= 0.6 is 27.7 Å². The van der Waals surface area contributed by atoms with Gasteiger partial charge in [-0.2, -0.15) is 0 Å². The fourth-order valence-corrected chi connectivity index (χ4v) is 3.48. The van der Waals surface area contributed by atoms with Crippen LogP contribution < -0.4 is 9.47 Å². The zero-order chi connectivity index (χ0) is 17.7. The Kier molecular flexibility index (Phi) is 6.35. The largest absolute Gasteiger partial charge is 0.493 e. The fraction of sp³-hybridized carbons (Fsp3) is 0.294. The molecular weight excluding hydrogens is 394 g/mol. The molecule has 2 amide bonds. The number of hydrogen-bond acceptors (Lipinski definition) is 5. The van der Waals surface area contributed by atoms with Gasteiger partial charge in [0.05, 0.1) is 12.0 Å². The summed E-state index contributed by atoms with van der Waals surface area (Å²) in [5.74, 6) is 3.02. The number of methoxy groups -OCH3 is 1. The first kappa shape index (κ1) is 18.4. The number of imide groups is 1. The SMILES string of the molecule is C#CCOc1c(/C=C2/SC(=O)N(CCC)C2=O)cc(Br)cc1OC. The number of amides is 2. The Labute approximate surface area is 153 Å². The highest BCUT2D eigenvalue weighted by Crippen LogP contribution is 2.39. The smallest absolute Gasteiger partial charge is 0.293 e. The lowest BCUT2D eigenvalue weighted by atomic mass is 10.1. The Morgan fingerprint density at radius 2 is 2.17 bits per heavy atom. The molecule has 0 aliphatic carbocycles. The number of rotatable bonds is 6. The van der Waals surface area contributed by atoms with Crippen LogP contribution in [0.5, 0.6) is 11.5 Å². The van der Waals surface area contributed by atoms with Gasteiger partial charge in [0.2, 0.25) is 0 Å². The van der Waals surface area contributed by atoms with Crippen molar-refractivity contribution >= 4 is 44.9 Å². The van der Waals surface area contributed by atoms with Crippen LogP contribution in [0.1, 0.15) is 18.9 Å². The molecule has 1 aromatic rings. The van der Waals surface area contributed by atoms with Crippen molar-refractivity contribution in [2.45, 2.75) is 13.3 Å². The van der Waals surface area contributed by atoms with Gasteiger partial charge in [0.25, 0.3) is 11.1 Å². The first-order valence-corrected chi connectivity index (χ1v) is 8.81. The summed E-state index contributed by atoms with van der Waals surface area (Å²) < 4.78 is 11.6. The van der Waals surface area contributed by atoms with Crippen LogP contribution in [0.2, 0.25) is 0 Å². The molecule has 0 atom stereocenters. The summed E-state index contributed by atoms with van der Waals surface area (Å²) >= 11 is 4.31. The molecule has 1 saturated heterocycles. The maximum absolute atomic E-state index is 12.4. The van der Waals surface area contributed by atoms with Crippen LogP contribution in [-0.4, -0.2) is 36.3 Å². The molecular formula is C17H16BrNO4S. The molecule has 1 heterocycles. The van der Waals surface area contributed by atoms with E-state index in [0.717, 1.165) is 16.2 Å². The monoisotopic (exact) mass is 409 g/mol. The van der Waals surface area contributed by atoms with E-state index in [4.69, 9.17) is 15.9 Å². The van der Waals surface area contributed by atoms with Crippen molar-refractivity contribution in [1.82, 2.24) is 4.90 Å². The van der Waals surface area contributed by atoms with Crippen LogP contribution in [0.15, 0.2) is 21.5 Å². The van der Waals surface area contributed by atoms with Crippen LogP contribution in [0.25, 0.3) is 6.08 Å². The summed E-state index contributed by atoms with van der Waals surface area (Å²) in [4.78, 5) is 25.9. The number of carbonyl (C=O) groups is 2. The van der Waals surface area contributed by atoms with E-state index in [9.17, 15) is 9.59 Å². The van der Waals surface area contributed by atoms with E-state index in [0.29, 0.717) is 34.9 Å². The quantitative estimate of drug-likeness (QED) is 0.526. The molecule has 0 aromatic heterocycles. The molecule has 5 nitrogen and oxygen atoms in total. The molecule has 0 N–H and O–H groups in total. The molecule has 7 heteroatoms. The lowest BCUT2D eigenvalue weighted by Crippen LogP contribution is -2.28. The molecule has 0 spiro atoms. The molecule has 1 aromatic carbocycles. The van der Waals surface area contributed by atoms with Gasteiger partial charge in [-0.05, 0) is 36.4 Å². The van der Waals surface area contributed by atoms with E-state index in [-0.39, 0.29) is 17.8 Å². The first-order chi connectivity index (χ1) is 11.5. The molecule has 0 saturated carbocycles. The van der Waals surface area contributed by atoms with Gasteiger partial charge in [-0.1, -0.05) is 28.8 Å². The van der Waals surface area contributed by atoms with Gasteiger partial charge in [-0.15, -0.1) is 6.42 Å². The maximum atomic E-state index is 12.4. The van der Waals surface area contributed by atoms with Gasteiger partial charge in [0, 0.05) is 16.6 Å². The Hall–Kier alpha value is -1.91. The summed E-state index contributed by atoms with van der Waals surface area (Å²) in [5.41, 5.74) is 0.610. The number of hydrogen-bond donors (Lipinski definition) is 0. The van der Waals surface area contributed by atoms with E-state index >= 15 is 0 Å². The average molecular weight is 410 g/mol. The third-order valence-electron chi connectivity index (χ3n) is 3.18. The van der Waals surface area contributed by atoms with Crippen molar-refractivity contribution < 1.29 is 19.1 Å². The van der Waals surface area contributed by atoms with Gasteiger partial charge in [0.1, 0.15) is 6.61 Å². The molecule has 24 heavy (non-hydrogen) atoms. The third-order valence-corrected chi connectivity index (χ3v) is 4.54. The van der Waals surface area contributed by atoms with Gasteiger partial charge < -0.3 is 9.47 Å². The predicted octanol–water partition coefficient (Wildman–Crippen LogP) is 3.92. The predicted molar refractivity (Wildman–Crippen MR) is 98.0 cm³/mol. The van der Waals surface area contributed by atoms with E-state index in [2.05, 4.69) is 21.9 Å². The van der Waals surface area contributed by atoms with E-state index in [1.165, 1.54) is 12.0 Å². The van der Waals surface area contributed by atoms with Crippen molar-refractivity contribution in [3.05, 3.63) is 27.1 Å². The number of carbonyl (C=O) groups excluding carboxylic acids is 2. The maximum Gasteiger partial charge on any atom is 0.293 e. The summed E-state index contributed by atoms with van der Waals surface area (Å²) in [6.07, 6.45) is 7.59. The Bertz CT molecular complexity index is 739. The van der Waals surface area contributed by atoms with Crippen LogP contribution in [0.4, 0.5) is 4.79 Å². The number of ether oxygens (including phenoxy) is 2. The molecule has 2 rings (SSSR count). The van der Waals surface area contributed by atoms with E-state index in [1.54, 1.807) is 18.2 Å². The summed E-state index contributed by atoms with van der Waals surface area (Å²) in [5, 5.41) is -0.263. The Balaban J connectivity index is 2.45. The summed E-state index contributed by atoms with van der Waals surface area (Å²) in [6.45, 7) is 2.39. The minimum absolute atomic E-state index is 0.0656. The average Bonchev–Trinajstić information content (AvgIpc) is 2.81. The standard InChI is InChI=1S/C17H16BrNO4S/c1-4-6-19-16(20)14(24-17(19)21)9-11-8-12(18)10-13(22-3)15(11)23-7-5-2/h2,8-10H,4,6-7H2,1,3H3/b14-9+. The van der Waals surface area contributed by atoms with Gasteiger partial charge >= 0.3 is 0 Å². The zero-order valence-electron chi connectivity index (χ0n) is 13.3. The normalized spacial score (nSPS) is 15.8. The second-order valence-electron chi connectivity index (χ2n) is 4.85. The molecule has 0 bridgehead atoms. The number of thioether (sulfide) groups is 1. The molecule has 0 unspecified atom stereocenters. The minimum atomic E-state index is -0.298. The fourth-order valence-electron chi connectivity index (χ4n) is 2.17. The zero-order valence-corrected chi connectivity index (χ0v) is 15.7. The van der Waals surface area contributed by atoms with Crippen molar-refractivity contribution in [3.63, 3.8) is 0 Å². The second-order valence-corrected chi connectivity index (χ2v) is 6.76. The lowest BCUT2D eigenvalue weighted by molar-refractivity contribution is -0.122. The molecule has 1 fully saturated rings. The highest BCUT2D eigenvalue weighted by molar-refractivity contribution is 9.10. The van der Waals surface area contributed by atoms with Crippen molar-refractivity contribution in [2.24, 2.45) is 0 Å². The van der Waals surface area contributed by atoms with Crippen LogP contribution in [0, 0.1) is 12.3 Å². The number of halogens is 1. The second kappa shape index (κ2) is 8.27. The molecule has 1 aliphatic rings. The van der Waals surface area contributed by atoms with Crippen molar-refractivity contribution in [3.8, 4) is 23.8 Å². The molecule has 1 aliphatic heterocycles. The number of nitrogens with zero attached hydrogens (tertiary/aromatic N) is 1. The minimum Gasteiger partial charge on any atom is -0.493 e. The number of benzene rings is 1. The Morgan fingerprint density at radius 3 is 2.79 bits per heavy atom. The van der Waals surface area contributed by atoms with Gasteiger partial charge in [-0.3, -0.25) is 14.5 Å². The molecule has 0 radical (unpaired) electrons. The van der Waals surface area contributed by atoms with E-state index < -0.39 is 0 Å². The van der Waals surface area contributed by atoms with Crippen molar-refractivity contribution in [2.75, 3.05) is 20.3 Å². The topological polar surface area (TPSA) is 55.8 Å². The molecule has 126 valence electrons. The third kappa shape index (κ3) is 3.94. The first-order valence-electron chi connectivity index (χ1n) is 7.21. The van der Waals surface area contributed by atoms with E-state index in [1.807, 2.05) is 6.92 Å².